The lowest BCUT2D eigenvalue weighted by molar-refractivity contribution is -0.141. The van der Waals surface area contributed by atoms with Gasteiger partial charge < -0.3 is 38.3 Å². The molecule has 0 aliphatic carbocycles. The van der Waals surface area contributed by atoms with Crippen LogP contribution in [0, 0.1) is 0 Å². The number of nitrogens with zero attached hydrogens (tertiary/aromatic N) is 10. The average Bonchev–Trinajstić information content (AvgIpc) is 4.27. The van der Waals surface area contributed by atoms with Gasteiger partial charge in [0.15, 0.2) is 11.6 Å². The van der Waals surface area contributed by atoms with Gasteiger partial charge in [0.1, 0.15) is 45.8 Å². The molecular weight excluding hydrogens is 1120 g/mol. The summed E-state index contributed by atoms with van der Waals surface area (Å²) in [7, 11) is 2.95. The minimum absolute atomic E-state index is 0.0119. The number of nitrogens with one attached hydrogen (secondary N) is 2. The molecule has 6 heterocycles. The SMILES string of the molecule is Cn1c(N(OC(=O)/C=C\C(=O)ON(c2ccc(C(F)(F)F)cc2)c2nc3cc(Oc4ccnc(-c5ncc(C(F)(F)F)[nH]5)c4)ccc3n2C)c2ccc(C(F)(F)F)cc2)nc2cc(Oc3ccnc(-c4ncc(C(F)(F)F)[nH]4)c3)ccc21. The van der Waals surface area contributed by atoms with Crippen LogP contribution < -0.4 is 19.6 Å². The largest absolute Gasteiger partial charge is 0.457 e. The Kier molecular flexibility index (Phi) is 14.1. The van der Waals surface area contributed by atoms with E-state index in [9.17, 15) is 62.3 Å². The van der Waals surface area contributed by atoms with Gasteiger partial charge >= 0.3 is 36.6 Å². The number of anilines is 4. The zero-order valence-electron chi connectivity index (χ0n) is 41.3. The highest BCUT2D eigenvalue weighted by molar-refractivity contribution is 5.93. The quantitative estimate of drug-likeness (QED) is 0.0592. The number of imidazole rings is 4. The molecule has 18 nitrogen and oxygen atoms in total. The van der Waals surface area contributed by atoms with E-state index < -0.39 is 59.2 Å². The molecule has 4 aromatic carbocycles. The molecule has 0 spiro atoms. The van der Waals surface area contributed by atoms with Crippen LogP contribution in [0.1, 0.15) is 22.5 Å². The number of benzene rings is 4. The molecule has 0 saturated heterocycles. The van der Waals surface area contributed by atoms with Gasteiger partial charge in [-0.1, -0.05) is 0 Å². The minimum Gasteiger partial charge on any atom is -0.457 e. The van der Waals surface area contributed by atoms with Crippen LogP contribution in [0.3, 0.4) is 0 Å². The summed E-state index contributed by atoms with van der Waals surface area (Å²) in [6.45, 7) is 0. The lowest BCUT2D eigenvalue weighted by Gasteiger charge is -2.22. The Morgan fingerprint density at radius 3 is 1.18 bits per heavy atom. The van der Waals surface area contributed by atoms with Gasteiger partial charge in [-0.15, -0.1) is 10.1 Å². The first-order valence-corrected chi connectivity index (χ1v) is 23.3. The molecule has 0 aliphatic heterocycles. The molecular formula is C52H32F12N12O6. The number of carbonyl (C=O) groups is 2. The number of ether oxygens (including phenoxy) is 2. The third-order valence-electron chi connectivity index (χ3n) is 11.8. The first-order chi connectivity index (χ1) is 38.7. The Hall–Kier alpha value is -10.4. The van der Waals surface area contributed by atoms with Crippen molar-refractivity contribution in [2.75, 3.05) is 10.1 Å². The highest BCUT2D eigenvalue weighted by Crippen LogP contribution is 2.38. The number of pyridine rings is 2. The molecule has 0 bridgehead atoms. The molecule has 0 fully saturated rings. The number of fused-ring (bicyclic) bond motifs is 2. The van der Waals surface area contributed by atoms with Crippen LogP contribution in [0.15, 0.2) is 146 Å². The predicted molar refractivity (Wildman–Crippen MR) is 264 cm³/mol. The zero-order chi connectivity index (χ0) is 58.5. The summed E-state index contributed by atoms with van der Waals surface area (Å²) in [6.07, 6.45) is -14.0. The van der Waals surface area contributed by atoms with E-state index in [1.165, 1.54) is 96.3 Å². The van der Waals surface area contributed by atoms with Crippen LogP contribution in [-0.2, 0) is 58.1 Å². The second-order valence-electron chi connectivity index (χ2n) is 17.3. The second kappa shape index (κ2) is 21.0. The summed E-state index contributed by atoms with van der Waals surface area (Å²) >= 11 is 0. The Labute approximate surface area is 450 Å². The number of hydrogen-bond acceptors (Lipinski definition) is 14. The topological polar surface area (TPSA) is 196 Å². The van der Waals surface area contributed by atoms with E-state index in [0.29, 0.717) is 59.8 Å². The van der Waals surface area contributed by atoms with Crippen molar-refractivity contribution in [1.82, 2.24) is 49.0 Å². The van der Waals surface area contributed by atoms with Crippen LogP contribution in [0.2, 0.25) is 0 Å². The summed E-state index contributed by atoms with van der Waals surface area (Å²) in [5, 5.41) is 1.52. The maximum atomic E-state index is 13.7. The molecule has 0 radical (unpaired) electrons. The second-order valence-corrected chi connectivity index (χ2v) is 17.3. The van der Waals surface area contributed by atoms with E-state index in [1.807, 2.05) is 0 Å². The summed E-state index contributed by atoms with van der Waals surface area (Å²) in [4.78, 5) is 67.5. The van der Waals surface area contributed by atoms with Gasteiger partial charge in [0, 0.05) is 62.9 Å². The van der Waals surface area contributed by atoms with E-state index in [-0.39, 0.29) is 80.3 Å². The first-order valence-electron chi connectivity index (χ1n) is 23.3. The van der Waals surface area contributed by atoms with Crippen molar-refractivity contribution in [2.45, 2.75) is 24.7 Å². The van der Waals surface area contributed by atoms with Crippen molar-refractivity contribution in [3.05, 3.63) is 169 Å². The number of H-pyrrole nitrogens is 2. The molecule has 0 saturated carbocycles. The summed E-state index contributed by atoms with van der Waals surface area (Å²) in [6, 6.07) is 21.1. The zero-order valence-corrected chi connectivity index (χ0v) is 41.3. The highest BCUT2D eigenvalue weighted by Gasteiger charge is 2.36. The van der Waals surface area contributed by atoms with Crippen LogP contribution >= 0.6 is 0 Å². The number of aromatic amines is 2. The summed E-state index contributed by atoms with van der Waals surface area (Å²) in [5.74, 6) is -2.91. The van der Waals surface area contributed by atoms with E-state index in [0.717, 1.165) is 34.4 Å². The minimum atomic E-state index is -4.77. The number of halogens is 12. The number of aromatic nitrogens is 10. The van der Waals surface area contributed by atoms with Gasteiger partial charge in [-0.05, 0) is 84.9 Å². The predicted octanol–water partition coefficient (Wildman–Crippen LogP) is 13.1. The average molecular weight is 1150 g/mol. The molecule has 6 aromatic heterocycles. The van der Waals surface area contributed by atoms with Gasteiger partial charge in [-0.25, -0.2) is 29.5 Å². The van der Waals surface area contributed by atoms with E-state index in [1.54, 1.807) is 0 Å². The van der Waals surface area contributed by atoms with Crippen LogP contribution in [0.4, 0.5) is 76.0 Å². The van der Waals surface area contributed by atoms with Crippen LogP contribution in [0.5, 0.6) is 23.0 Å². The molecule has 0 unspecified atom stereocenters. The number of carbonyl (C=O) groups excluding carboxylic acids is 2. The van der Waals surface area contributed by atoms with E-state index >= 15 is 0 Å². The number of alkyl halides is 12. The standard InChI is InChI=1S/C52H32F12N12O6/c1-73-39-13-11-31(79-33-17-19-65-37(23-33)45-67-25-41(71-45)51(59,60)61)21-35(39)69-47(73)75(29-7-3-27(4-8-29)49(53,54)55)81-43(77)15-16-44(78)82-76(30-9-5-28(6-10-30)50(56,57)58)48-70-36-22-32(12-14-40(36)74(48)2)80-34-18-20-66-38(24-34)46-68-26-42(72-46)52(62,63)64/h3-26H,1-2H3,(H,67,71)(H,68,72)/b16-15-. The fourth-order valence-electron chi connectivity index (χ4n) is 7.86. The highest BCUT2D eigenvalue weighted by atomic mass is 19.4. The third kappa shape index (κ3) is 11.8. The summed E-state index contributed by atoms with van der Waals surface area (Å²) in [5.41, 5.74) is -3.57. The van der Waals surface area contributed by atoms with Crippen molar-refractivity contribution >= 4 is 57.3 Å². The number of hydrogen-bond donors (Lipinski definition) is 2. The van der Waals surface area contributed by atoms with E-state index in [2.05, 4.69) is 39.9 Å². The molecule has 420 valence electrons. The molecule has 0 atom stereocenters. The lowest BCUT2D eigenvalue weighted by atomic mass is 10.2. The Morgan fingerprint density at radius 2 is 0.841 bits per heavy atom. The lowest BCUT2D eigenvalue weighted by Crippen LogP contribution is -2.25. The molecule has 82 heavy (non-hydrogen) atoms. The van der Waals surface area contributed by atoms with Gasteiger partial charge in [0.25, 0.3) is 0 Å². The normalized spacial score (nSPS) is 12.3. The molecule has 0 amide bonds. The van der Waals surface area contributed by atoms with Crippen molar-refractivity contribution in [3.63, 3.8) is 0 Å². The van der Waals surface area contributed by atoms with Gasteiger partial charge in [-0.2, -0.15) is 52.7 Å². The fourth-order valence-corrected chi connectivity index (χ4v) is 7.86. The van der Waals surface area contributed by atoms with Crippen molar-refractivity contribution in [3.8, 4) is 46.0 Å². The van der Waals surface area contributed by atoms with Crippen molar-refractivity contribution in [2.24, 2.45) is 14.1 Å². The van der Waals surface area contributed by atoms with Gasteiger partial charge in [-0.3, -0.25) is 9.97 Å². The van der Waals surface area contributed by atoms with Gasteiger partial charge in [0.2, 0.25) is 11.9 Å². The van der Waals surface area contributed by atoms with Crippen LogP contribution in [0.25, 0.3) is 45.1 Å². The van der Waals surface area contributed by atoms with Crippen molar-refractivity contribution < 1.29 is 81.4 Å². The summed E-state index contributed by atoms with van der Waals surface area (Å²) < 4.78 is 176. The Morgan fingerprint density at radius 1 is 0.476 bits per heavy atom. The van der Waals surface area contributed by atoms with Crippen LogP contribution in [-0.4, -0.2) is 60.9 Å². The monoisotopic (exact) mass is 1150 g/mol. The molecule has 30 heteroatoms. The van der Waals surface area contributed by atoms with E-state index in [4.69, 9.17) is 19.1 Å². The Balaban J connectivity index is 0.904. The fraction of sp³-hybridized carbons (Fsp3) is 0.115. The van der Waals surface area contributed by atoms with Crippen molar-refractivity contribution in [1.29, 1.82) is 0 Å². The molecule has 0 aliphatic rings. The third-order valence-corrected chi connectivity index (χ3v) is 11.8. The maximum Gasteiger partial charge on any atom is 0.432 e. The maximum absolute atomic E-state index is 13.7. The molecule has 10 rings (SSSR count). The van der Waals surface area contributed by atoms with Gasteiger partial charge in [0.05, 0.1) is 57.0 Å². The molecule has 10 aromatic rings. The Bertz CT molecular complexity index is 3800. The number of aryl methyl sites for hydroxylation is 2. The molecule has 2 N–H and O–H groups in total. The first kappa shape index (κ1) is 54.9. The smallest absolute Gasteiger partial charge is 0.432 e. The number of rotatable bonds is 14.